The maximum absolute atomic E-state index is 3.48. The van der Waals surface area contributed by atoms with Gasteiger partial charge < -0.3 is 10.6 Å². The van der Waals surface area contributed by atoms with E-state index in [-0.39, 0.29) is 5.54 Å². The van der Waals surface area contributed by atoms with E-state index in [4.69, 9.17) is 0 Å². The van der Waals surface area contributed by atoms with Crippen molar-refractivity contribution in [2.75, 3.05) is 13.1 Å². The standard InChI is InChI=1S/C15H26N2/c1-12-7-6-8-14(13(12)2)11-16-9-10-17-15(3,4)5/h6-8,16-17H,9-11H2,1-5H3. The minimum Gasteiger partial charge on any atom is -0.311 e. The monoisotopic (exact) mass is 234 g/mol. The van der Waals surface area contributed by atoms with Crippen molar-refractivity contribution in [3.8, 4) is 0 Å². The van der Waals surface area contributed by atoms with Gasteiger partial charge in [0, 0.05) is 25.2 Å². The molecule has 17 heavy (non-hydrogen) atoms. The number of aryl methyl sites for hydroxylation is 1. The fourth-order valence-electron chi connectivity index (χ4n) is 1.75. The molecule has 0 aliphatic rings. The van der Waals surface area contributed by atoms with Gasteiger partial charge in [0.05, 0.1) is 0 Å². The third kappa shape index (κ3) is 5.33. The van der Waals surface area contributed by atoms with E-state index in [1.54, 1.807) is 0 Å². The van der Waals surface area contributed by atoms with E-state index in [0.29, 0.717) is 0 Å². The Hall–Kier alpha value is -0.860. The molecule has 0 amide bonds. The predicted molar refractivity (Wildman–Crippen MR) is 75.4 cm³/mol. The van der Waals surface area contributed by atoms with Gasteiger partial charge in [-0.15, -0.1) is 0 Å². The molecule has 0 aromatic heterocycles. The Morgan fingerprint density at radius 1 is 1.06 bits per heavy atom. The molecule has 0 saturated carbocycles. The molecule has 2 heteroatoms. The molecule has 0 bridgehead atoms. The molecule has 0 spiro atoms. The molecule has 0 saturated heterocycles. The summed E-state index contributed by atoms with van der Waals surface area (Å²) in [5, 5.41) is 6.95. The first kappa shape index (κ1) is 14.2. The SMILES string of the molecule is Cc1cccc(CNCCNC(C)(C)C)c1C. The second-order valence-electron chi connectivity index (χ2n) is 5.71. The average molecular weight is 234 g/mol. The summed E-state index contributed by atoms with van der Waals surface area (Å²) in [4.78, 5) is 0. The highest BCUT2D eigenvalue weighted by Gasteiger charge is 2.07. The summed E-state index contributed by atoms with van der Waals surface area (Å²) >= 11 is 0. The van der Waals surface area contributed by atoms with Crippen LogP contribution < -0.4 is 10.6 Å². The first-order chi connectivity index (χ1) is 7.90. The van der Waals surface area contributed by atoms with Crippen LogP contribution in [0, 0.1) is 13.8 Å². The molecule has 2 N–H and O–H groups in total. The maximum atomic E-state index is 3.48. The first-order valence-corrected chi connectivity index (χ1v) is 6.41. The van der Waals surface area contributed by atoms with Gasteiger partial charge in [0.1, 0.15) is 0 Å². The van der Waals surface area contributed by atoms with Gasteiger partial charge in [-0.25, -0.2) is 0 Å². The number of rotatable bonds is 5. The summed E-state index contributed by atoms with van der Waals surface area (Å²) in [6.45, 7) is 13.9. The lowest BCUT2D eigenvalue weighted by Gasteiger charge is -2.20. The van der Waals surface area contributed by atoms with E-state index in [0.717, 1.165) is 19.6 Å². The van der Waals surface area contributed by atoms with Crippen molar-refractivity contribution in [1.82, 2.24) is 10.6 Å². The van der Waals surface area contributed by atoms with Gasteiger partial charge >= 0.3 is 0 Å². The van der Waals surface area contributed by atoms with Gasteiger partial charge in [-0.1, -0.05) is 18.2 Å². The first-order valence-electron chi connectivity index (χ1n) is 6.41. The molecule has 1 aromatic carbocycles. The van der Waals surface area contributed by atoms with Crippen LogP contribution in [0.2, 0.25) is 0 Å². The van der Waals surface area contributed by atoms with E-state index in [1.165, 1.54) is 16.7 Å². The van der Waals surface area contributed by atoms with Crippen molar-refractivity contribution >= 4 is 0 Å². The summed E-state index contributed by atoms with van der Waals surface area (Å²) in [5.41, 5.74) is 4.39. The largest absolute Gasteiger partial charge is 0.311 e. The van der Waals surface area contributed by atoms with Crippen LogP contribution in [0.1, 0.15) is 37.5 Å². The molecule has 1 aromatic rings. The van der Waals surface area contributed by atoms with Crippen LogP contribution in [-0.2, 0) is 6.54 Å². The van der Waals surface area contributed by atoms with Crippen molar-refractivity contribution in [3.05, 3.63) is 34.9 Å². The zero-order chi connectivity index (χ0) is 12.9. The van der Waals surface area contributed by atoms with Gasteiger partial charge in [-0.05, 0) is 51.3 Å². The van der Waals surface area contributed by atoms with E-state index >= 15 is 0 Å². The summed E-state index contributed by atoms with van der Waals surface area (Å²) in [7, 11) is 0. The quantitative estimate of drug-likeness (QED) is 0.766. The molecular formula is C15H26N2. The number of benzene rings is 1. The molecule has 1 rings (SSSR count). The van der Waals surface area contributed by atoms with Gasteiger partial charge in [-0.3, -0.25) is 0 Å². The third-order valence-electron chi connectivity index (χ3n) is 2.99. The Labute approximate surface area is 106 Å². The zero-order valence-corrected chi connectivity index (χ0v) is 11.9. The third-order valence-corrected chi connectivity index (χ3v) is 2.99. The second-order valence-corrected chi connectivity index (χ2v) is 5.71. The lowest BCUT2D eigenvalue weighted by atomic mass is 10.0. The highest BCUT2D eigenvalue weighted by molar-refractivity contribution is 5.32. The lowest BCUT2D eigenvalue weighted by molar-refractivity contribution is 0.421. The van der Waals surface area contributed by atoms with Crippen molar-refractivity contribution in [3.63, 3.8) is 0 Å². The van der Waals surface area contributed by atoms with Crippen molar-refractivity contribution in [2.45, 2.75) is 46.7 Å². The predicted octanol–water partition coefficient (Wildman–Crippen LogP) is 2.78. The van der Waals surface area contributed by atoms with Gasteiger partial charge in [0.25, 0.3) is 0 Å². The van der Waals surface area contributed by atoms with Crippen LogP contribution in [0.15, 0.2) is 18.2 Å². The summed E-state index contributed by atoms with van der Waals surface area (Å²) in [6, 6.07) is 6.50. The van der Waals surface area contributed by atoms with Crippen LogP contribution >= 0.6 is 0 Å². The van der Waals surface area contributed by atoms with Gasteiger partial charge in [-0.2, -0.15) is 0 Å². The fraction of sp³-hybridized carbons (Fsp3) is 0.600. The highest BCUT2D eigenvalue weighted by atomic mass is 15.0. The average Bonchev–Trinajstić information content (AvgIpc) is 2.22. The Balaban J connectivity index is 2.29. The van der Waals surface area contributed by atoms with E-state index < -0.39 is 0 Å². The summed E-state index contributed by atoms with van der Waals surface area (Å²) < 4.78 is 0. The van der Waals surface area contributed by atoms with E-state index in [1.807, 2.05) is 0 Å². The lowest BCUT2D eigenvalue weighted by Crippen LogP contribution is -2.40. The normalized spacial score (nSPS) is 11.8. The maximum Gasteiger partial charge on any atom is 0.0208 e. The molecular weight excluding hydrogens is 208 g/mol. The van der Waals surface area contributed by atoms with E-state index in [9.17, 15) is 0 Å². The number of hydrogen-bond acceptors (Lipinski definition) is 2. The molecule has 0 heterocycles. The zero-order valence-electron chi connectivity index (χ0n) is 11.9. The molecule has 0 aliphatic carbocycles. The smallest absolute Gasteiger partial charge is 0.0208 e. The molecule has 0 unspecified atom stereocenters. The van der Waals surface area contributed by atoms with E-state index in [2.05, 4.69) is 63.5 Å². The second kappa shape index (κ2) is 6.18. The van der Waals surface area contributed by atoms with Crippen LogP contribution in [0.5, 0.6) is 0 Å². The molecule has 0 fully saturated rings. The molecule has 96 valence electrons. The Morgan fingerprint density at radius 2 is 1.76 bits per heavy atom. The Bertz CT molecular complexity index is 350. The minimum atomic E-state index is 0.209. The number of nitrogens with one attached hydrogen (secondary N) is 2. The molecule has 0 atom stereocenters. The van der Waals surface area contributed by atoms with Crippen molar-refractivity contribution in [2.24, 2.45) is 0 Å². The highest BCUT2D eigenvalue weighted by Crippen LogP contribution is 2.11. The molecule has 2 nitrogen and oxygen atoms in total. The van der Waals surface area contributed by atoms with Crippen LogP contribution in [0.25, 0.3) is 0 Å². The topological polar surface area (TPSA) is 24.1 Å². The molecule has 0 aliphatic heterocycles. The Morgan fingerprint density at radius 3 is 2.41 bits per heavy atom. The minimum absolute atomic E-state index is 0.209. The summed E-state index contributed by atoms with van der Waals surface area (Å²) in [5.74, 6) is 0. The summed E-state index contributed by atoms with van der Waals surface area (Å²) in [6.07, 6.45) is 0. The number of hydrogen-bond donors (Lipinski definition) is 2. The van der Waals surface area contributed by atoms with Crippen LogP contribution in [-0.4, -0.2) is 18.6 Å². The van der Waals surface area contributed by atoms with Gasteiger partial charge in [0.15, 0.2) is 0 Å². The molecule has 0 radical (unpaired) electrons. The fourth-order valence-corrected chi connectivity index (χ4v) is 1.75. The Kier molecular flexibility index (Phi) is 5.16. The van der Waals surface area contributed by atoms with Crippen LogP contribution in [0.3, 0.4) is 0 Å². The van der Waals surface area contributed by atoms with Crippen molar-refractivity contribution < 1.29 is 0 Å². The van der Waals surface area contributed by atoms with Gasteiger partial charge in [0.2, 0.25) is 0 Å². The van der Waals surface area contributed by atoms with Crippen molar-refractivity contribution in [1.29, 1.82) is 0 Å². The van der Waals surface area contributed by atoms with Crippen LogP contribution in [0.4, 0.5) is 0 Å².